The van der Waals surface area contributed by atoms with E-state index in [4.69, 9.17) is 19.8 Å². The molecule has 3 aromatic rings. The van der Waals surface area contributed by atoms with Crippen LogP contribution in [-0.2, 0) is 29.2 Å². The molecule has 16 heteroatoms. The number of hydrogen-bond donors (Lipinski definition) is 3. The molecule has 0 amide bonds. The molecule has 0 aliphatic carbocycles. The van der Waals surface area contributed by atoms with E-state index in [1.165, 1.54) is 11.3 Å². The molecular formula is C22H23F6N5O4S. The Morgan fingerprint density at radius 3 is 2.18 bits per heavy atom. The zero-order valence-corrected chi connectivity index (χ0v) is 20.3. The highest BCUT2D eigenvalue weighted by molar-refractivity contribution is 7.07. The second-order valence-corrected chi connectivity index (χ2v) is 8.65. The molecule has 1 atom stereocenters. The Bertz CT molecular complexity index is 1120. The van der Waals surface area contributed by atoms with E-state index >= 15 is 0 Å². The fourth-order valence-corrected chi connectivity index (χ4v) is 3.89. The highest BCUT2D eigenvalue weighted by Gasteiger charge is 2.38. The monoisotopic (exact) mass is 567 g/mol. The van der Waals surface area contributed by atoms with Crippen LogP contribution in [0.25, 0.3) is 0 Å². The molecule has 1 aliphatic heterocycles. The minimum absolute atomic E-state index is 0.492. The molecule has 0 radical (unpaired) electrons. The number of hydrogen-bond acceptors (Lipinski definition) is 7. The average Bonchev–Trinajstić information content (AvgIpc) is 3.47. The van der Waals surface area contributed by atoms with Crippen LogP contribution in [0, 0.1) is 5.92 Å². The maximum absolute atomic E-state index is 10.6. The highest BCUT2D eigenvalue weighted by atomic mass is 32.1. The lowest BCUT2D eigenvalue weighted by atomic mass is 10.1. The van der Waals surface area contributed by atoms with Gasteiger partial charge in [0.1, 0.15) is 5.82 Å². The van der Waals surface area contributed by atoms with Gasteiger partial charge in [0.15, 0.2) is 0 Å². The molecule has 0 fully saturated rings. The fraction of sp³-hybridized carbons (Fsp3) is 0.364. The van der Waals surface area contributed by atoms with Gasteiger partial charge >= 0.3 is 24.3 Å². The van der Waals surface area contributed by atoms with Crippen molar-refractivity contribution in [2.75, 3.05) is 18.4 Å². The minimum Gasteiger partial charge on any atom is -0.475 e. The number of anilines is 1. The zero-order valence-electron chi connectivity index (χ0n) is 19.5. The predicted octanol–water partition coefficient (Wildman–Crippen LogP) is 4.35. The summed E-state index contributed by atoms with van der Waals surface area (Å²) in [7, 11) is 0. The topological polar surface area (TPSA) is 121 Å². The number of pyridine rings is 1. The van der Waals surface area contributed by atoms with E-state index in [9.17, 15) is 26.3 Å². The molecular weight excluding hydrogens is 544 g/mol. The Morgan fingerprint density at radius 2 is 1.66 bits per heavy atom. The van der Waals surface area contributed by atoms with Crippen LogP contribution in [0.4, 0.5) is 32.2 Å². The number of rotatable bonds is 5. The van der Waals surface area contributed by atoms with Crippen LogP contribution in [0.15, 0.2) is 53.5 Å². The van der Waals surface area contributed by atoms with Crippen molar-refractivity contribution in [1.82, 2.24) is 19.7 Å². The van der Waals surface area contributed by atoms with Crippen LogP contribution >= 0.6 is 11.3 Å². The molecule has 0 aromatic carbocycles. The maximum Gasteiger partial charge on any atom is 0.490 e. The third kappa shape index (κ3) is 10.8. The van der Waals surface area contributed by atoms with Crippen molar-refractivity contribution < 1.29 is 46.1 Å². The second-order valence-electron chi connectivity index (χ2n) is 7.87. The number of aliphatic carboxylic acids is 2. The highest BCUT2D eigenvalue weighted by Crippen LogP contribution is 2.20. The molecule has 38 heavy (non-hydrogen) atoms. The summed E-state index contributed by atoms with van der Waals surface area (Å²) in [5.41, 5.74) is 2.69. The number of carboxylic acids is 2. The Kier molecular flexibility index (Phi) is 11.1. The smallest absolute Gasteiger partial charge is 0.475 e. The van der Waals surface area contributed by atoms with Crippen molar-refractivity contribution in [2.45, 2.75) is 32.0 Å². The first-order valence-electron chi connectivity index (χ1n) is 10.7. The van der Waals surface area contributed by atoms with Gasteiger partial charge in [-0.2, -0.15) is 42.8 Å². The lowest BCUT2D eigenvalue weighted by Crippen LogP contribution is -2.31. The van der Waals surface area contributed by atoms with Crippen LogP contribution in [0.5, 0.6) is 0 Å². The third-order valence-corrected chi connectivity index (χ3v) is 5.58. The van der Waals surface area contributed by atoms with Crippen molar-refractivity contribution in [3.05, 3.63) is 64.7 Å². The SMILES string of the molecule is O=C(O)C(F)(F)F.O=C(O)C(F)(F)F.c1ccc(NCC2CN(Cc3ccsc3)Cc3ccnn3C2)nc1. The summed E-state index contributed by atoms with van der Waals surface area (Å²) in [6.07, 6.45) is -6.43. The van der Waals surface area contributed by atoms with E-state index in [0.29, 0.717) is 5.92 Å². The molecule has 0 saturated carbocycles. The number of carboxylic acid groups (broad SMARTS) is 2. The van der Waals surface area contributed by atoms with Gasteiger partial charge in [-0.05, 0) is 40.6 Å². The number of carbonyl (C=O) groups is 2. The first kappa shape index (κ1) is 30.6. The predicted molar refractivity (Wildman–Crippen MR) is 124 cm³/mol. The number of alkyl halides is 6. The van der Waals surface area contributed by atoms with Gasteiger partial charge in [0.05, 0.1) is 5.69 Å². The standard InChI is InChI=1S/C18H21N5S.2C2HF3O2/c1-2-6-19-18(3-1)20-9-16-11-22(10-15-5-8-24-14-15)13-17-4-7-21-23(17)12-16;2*3-2(4,5)1(6)7/h1-8,14,16H,9-13H2,(H,19,20);2*(H,6,7). The fourth-order valence-electron chi connectivity index (χ4n) is 3.23. The van der Waals surface area contributed by atoms with Gasteiger partial charge in [-0.25, -0.2) is 14.6 Å². The van der Waals surface area contributed by atoms with Crippen LogP contribution < -0.4 is 5.32 Å². The van der Waals surface area contributed by atoms with E-state index in [-0.39, 0.29) is 0 Å². The molecule has 3 N–H and O–H groups in total. The van der Waals surface area contributed by atoms with Crippen LogP contribution in [-0.4, -0.2) is 67.3 Å². The molecule has 1 unspecified atom stereocenters. The average molecular weight is 568 g/mol. The molecule has 0 saturated heterocycles. The quantitative estimate of drug-likeness (QED) is 0.390. The number of halogens is 6. The number of nitrogens with zero attached hydrogens (tertiary/aromatic N) is 4. The van der Waals surface area contributed by atoms with Gasteiger partial charge < -0.3 is 15.5 Å². The largest absolute Gasteiger partial charge is 0.490 e. The summed E-state index contributed by atoms with van der Waals surface area (Å²) < 4.78 is 65.6. The van der Waals surface area contributed by atoms with Gasteiger partial charge in [0.25, 0.3) is 0 Å². The first-order chi connectivity index (χ1) is 17.8. The number of thiophene rings is 1. The lowest BCUT2D eigenvalue weighted by molar-refractivity contribution is -0.193. The van der Waals surface area contributed by atoms with Crippen molar-refractivity contribution in [1.29, 1.82) is 0 Å². The second kappa shape index (κ2) is 13.8. The summed E-state index contributed by atoms with van der Waals surface area (Å²) in [6, 6.07) is 10.3. The van der Waals surface area contributed by atoms with E-state index in [1.54, 1.807) is 11.3 Å². The Hall–Kier alpha value is -3.66. The summed E-state index contributed by atoms with van der Waals surface area (Å²) >= 11 is 1.76. The van der Waals surface area contributed by atoms with Crippen LogP contribution in [0.3, 0.4) is 0 Å². The van der Waals surface area contributed by atoms with E-state index in [2.05, 4.69) is 47.9 Å². The summed E-state index contributed by atoms with van der Waals surface area (Å²) in [6.45, 7) is 4.85. The Balaban J connectivity index is 0.000000301. The van der Waals surface area contributed by atoms with Gasteiger partial charge in [-0.3, -0.25) is 9.58 Å². The molecule has 9 nitrogen and oxygen atoms in total. The summed E-state index contributed by atoms with van der Waals surface area (Å²) in [5, 5.41) is 26.6. The molecule has 1 aliphatic rings. The van der Waals surface area contributed by atoms with Gasteiger partial charge in [-0.1, -0.05) is 6.07 Å². The molecule has 0 spiro atoms. The van der Waals surface area contributed by atoms with Crippen LogP contribution in [0.2, 0.25) is 0 Å². The number of fused-ring (bicyclic) bond motifs is 1. The molecule has 3 aromatic heterocycles. The number of aromatic nitrogens is 3. The van der Waals surface area contributed by atoms with Crippen molar-refractivity contribution in [3.63, 3.8) is 0 Å². The molecule has 4 rings (SSSR count). The third-order valence-electron chi connectivity index (χ3n) is 4.85. The normalized spacial score (nSPS) is 15.6. The first-order valence-corrected chi connectivity index (χ1v) is 11.7. The van der Waals surface area contributed by atoms with Gasteiger partial charge in [0.2, 0.25) is 0 Å². The van der Waals surface area contributed by atoms with E-state index in [1.807, 2.05) is 30.6 Å². The zero-order chi connectivity index (χ0) is 28.3. The van der Waals surface area contributed by atoms with Crippen LogP contribution in [0.1, 0.15) is 11.3 Å². The number of nitrogens with one attached hydrogen (secondary N) is 1. The van der Waals surface area contributed by atoms with Gasteiger partial charge in [-0.15, -0.1) is 0 Å². The minimum atomic E-state index is -5.08. The van der Waals surface area contributed by atoms with Crippen molar-refractivity contribution >= 4 is 29.1 Å². The Labute approximate surface area is 216 Å². The van der Waals surface area contributed by atoms with Crippen molar-refractivity contribution in [2.24, 2.45) is 5.92 Å². The molecule has 0 bridgehead atoms. The summed E-state index contributed by atoms with van der Waals surface area (Å²) in [4.78, 5) is 24.7. The van der Waals surface area contributed by atoms with E-state index in [0.717, 1.165) is 38.5 Å². The van der Waals surface area contributed by atoms with Gasteiger partial charge in [0, 0.05) is 51.0 Å². The molecule has 208 valence electrons. The molecule has 4 heterocycles. The summed E-state index contributed by atoms with van der Waals surface area (Å²) in [5.74, 6) is -4.08. The lowest BCUT2D eigenvalue weighted by Gasteiger charge is -2.23. The van der Waals surface area contributed by atoms with Crippen molar-refractivity contribution in [3.8, 4) is 0 Å². The van der Waals surface area contributed by atoms with E-state index < -0.39 is 24.3 Å². The Morgan fingerprint density at radius 1 is 1.00 bits per heavy atom. The maximum atomic E-state index is 10.6.